The van der Waals surface area contributed by atoms with Crippen LogP contribution in [0.5, 0.6) is 0 Å². The van der Waals surface area contributed by atoms with Gasteiger partial charge in [0.2, 0.25) is 53.2 Å². The van der Waals surface area contributed by atoms with Crippen molar-refractivity contribution in [1.29, 1.82) is 0 Å². The molecule has 0 spiro atoms. The molecule has 80 heavy (non-hydrogen) atoms. The van der Waals surface area contributed by atoms with E-state index in [-0.39, 0.29) is 88.4 Å². The van der Waals surface area contributed by atoms with Crippen molar-refractivity contribution in [3.05, 3.63) is 0 Å². The molecule has 0 heterocycles. The van der Waals surface area contributed by atoms with Gasteiger partial charge in [0.05, 0.1) is 18.8 Å². The quantitative estimate of drug-likeness (QED) is 0.0154. The van der Waals surface area contributed by atoms with E-state index in [4.69, 9.17) is 45.9 Å². The molecule has 35 nitrogen and oxygen atoms in total. The maximum absolute atomic E-state index is 14.3. The van der Waals surface area contributed by atoms with E-state index in [9.17, 15) is 78.3 Å². The van der Waals surface area contributed by atoms with Gasteiger partial charge in [-0.05, 0) is 77.6 Å². The molecule has 0 bridgehead atoms. The molecule has 454 valence electrons. The summed E-state index contributed by atoms with van der Waals surface area (Å²) in [7, 11) is 0. The number of carboxylic acid groups (broad SMARTS) is 2. The summed E-state index contributed by atoms with van der Waals surface area (Å²) >= 11 is 0. The maximum Gasteiger partial charge on any atom is 0.326 e. The predicted octanol–water partition coefficient (Wildman–Crippen LogP) is -9.63. The Morgan fingerprint density at radius 2 is 0.725 bits per heavy atom. The van der Waals surface area contributed by atoms with E-state index >= 15 is 0 Å². The van der Waals surface area contributed by atoms with Gasteiger partial charge in [0.1, 0.15) is 54.4 Å². The molecule has 0 aromatic carbocycles. The molecule has 29 N–H and O–H groups in total. The lowest BCUT2D eigenvalue weighted by Gasteiger charge is -2.29. The number of nitrogens with zero attached hydrogens (tertiary/aromatic N) is 3. The Morgan fingerprint density at radius 3 is 1.01 bits per heavy atom. The van der Waals surface area contributed by atoms with Crippen LogP contribution in [0.2, 0.25) is 0 Å². The molecule has 9 amide bonds. The van der Waals surface area contributed by atoms with Crippen LogP contribution in [0.1, 0.15) is 98.3 Å². The fraction of sp³-hybridized carbons (Fsp3) is 0.689. The van der Waals surface area contributed by atoms with Crippen LogP contribution in [0.3, 0.4) is 0 Å². The third-order valence-electron chi connectivity index (χ3n) is 11.3. The Morgan fingerprint density at radius 1 is 0.425 bits per heavy atom. The second-order valence-corrected chi connectivity index (χ2v) is 18.9. The van der Waals surface area contributed by atoms with Crippen LogP contribution in [-0.2, 0) is 52.7 Å². The SMILES string of the molecule is CC(C)C[C@H](NC(=O)[C@H](CCC(N)=O)NC(=O)[C@@H](NC(=O)[C@H](CCC(=O)O)NC(=O)[C@H](CCCN=C(N)N)NC(=O)[C@H](CCCN=C(N)N)NC(=O)[C@@H](NC(=O)[C@H](CCCN=C(N)N)NC(=O)[C@@H](N)CO)[C@@H](C)O)[C@@H](C)O)C(=O)O. The molecular formula is C45H83N19O16. The first-order valence-corrected chi connectivity index (χ1v) is 25.4. The Kier molecular flexibility index (Phi) is 33.8. The largest absolute Gasteiger partial charge is 0.481 e. The highest BCUT2D eigenvalue weighted by Gasteiger charge is 2.37. The summed E-state index contributed by atoms with van der Waals surface area (Å²) in [4.78, 5) is 157. The molecule has 11 atom stereocenters. The van der Waals surface area contributed by atoms with Gasteiger partial charge in [0.25, 0.3) is 0 Å². The minimum absolute atomic E-state index is 0.000263. The van der Waals surface area contributed by atoms with Crippen LogP contribution < -0.4 is 88.4 Å². The summed E-state index contributed by atoms with van der Waals surface area (Å²) in [5.74, 6) is -13.9. The lowest BCUT2D eigenvalue weighted by Crippen LogP contribution is -2.62. The molecule has 0 fully saturated rings. The van der Waals surface area contributed by atoms with E-state index < -0.39 is 164 Å². The number of primary amides is 1. The number of nitrogens with two attached hydrogens (primary N) is 8. The number of amides is 9. The topological polar surface area (TPSA) is 630 Å². The molecule has 0 radical (unpaired) electrons. The number of aliphatic hydroxyl groups excluding tert-OH is 3. The number of aliphatic carboxylic acids is 2. The number of aliphatic imine (C=N–C) groups is 3. The second kappa shape index (κ2) is 37.6. The Labute approximate surface area is 460 Å². The normalized spacial score (nSPS) is 15.1. The van der Waals surface area contributed by atoms with Gasteiger partial charge in [-0.25, -0.2) is 4.79 Å². The first kappa shape index (κ1) is 71.8. The number of hydrogen-bond donors (Lipinski definition) is 21. The van der Waals surface area contributed by atoms with Gasteiger partial charge in [0, 0.05) is 32.5 Å². The summed E-state index contributed by atoms with van der Waals surface area (Å²) < 4.78 is 0. The van der Waals surface area contributed by atoms with E-state index in [0.29, 0.717) is 0 Å². The van der Waals surface area contributed by atoms with Gasteiger partial charge in [-0.1, -0.05) is 13.8 Å². The number of aliphatic hydroxyl groups is 3. The van der Waals surface area contributed by atoms with Gasteiger partial charge in [-0.2, -0.15) is 0 Å². The minimum atomic E-state index is -1.96. The van der Waals surface area contributed by atoms with Crippen LogP contribution in [-0.4, -0.2) is 201 Å². The summed E-state index contributed by atoms with van der Waals surface area (Å²) in [6.45, 7) is 4.52. The molecule has 0 aliphatic heterocycles. The van der Waals surface area contributed by atoms with E-state index in [1.807, 2.05) is 0 Å². The van der Waals surface area contributed by atoms with Crippen molar-refractivity contribution in [3.63, 3.8) is 0 Å². The molecule has 0 rings (SSSR count). The molecule has 0 saturated heterocycles. The van der Waals surface area contributed by atoms with Crippen molar-refractivity contribution in [2.24, 2.45) is 66.8 Å². The van der Waals surface area contributed by atoms with Crippen molar-refractivity contribution in [2.45, 2.75) is 165 Å². The van der Waals surface area contributed by atoms with Gasteiger partial charge in [-0.3, -0.25) is 62.9 Å². The third-order valence-corrected chi connectivity index (χ3v) is 11.3. The van der Waals surface area contributed by atoms with Crippen molar-refractivity contribution in [2.75, 3.05) is 26.2 Å². The smallest absolute Gasteiger partial charge is 0.326 e. The van der Waals surface area contributed by atoms with Crippen LogP contribution in [0.15, 0.2) is 15.0 Å². The summed E-state index contributed by atoms with van der Waals surface area (Å²) in [5.41, 5.74) is 43.4. The van der Waals surface area contributed by atoms with Crippen molar-refractivity contribution in [3.8, 4) is 0 Å². The highest BCUT2D eigenvalue weighted by Crippen LogP contribution is 2.11. The number of nitrogens with one attached hydrogen (secondary N) is 8. The van der Waals surface area contributed by atoms with Crippen LogP contribution >= 0.6 is 0 Å². The van der Waals surface area contributed by atoms with E-state index in [1.165, 1.54) is 0 Å². The Bertz CT molecular complexity index is 2190. The molecule has 0 aromatic heterocycles. The fourth-order valence-corrected chi connectivity index (χ4v) is 7.12. The van der Waals surface area contributed by atoms with E-state index in [1.54, 1.807) is 13.8 Å². The summed E-state index contributed by atoms with van der Waals surface area (Å²) in [5, 5.41) is 68.7. The number of carbonyl (C=O) groups is 11. The van der Waals surface area contributed by atoms with Gasteiger partial charge in [0.15, 0.2) is 17.9 Å². The standard InChI is InChI=1S/C45H83N19O16/c1-20(2)18-29(42(79)80)62-37(74)27(11-13-30(47)68)61-41(78)33(22(4)67)64-39(76)28(12-14-31(69)70)59-35(72)24(8-5-15-54-43(48)49)58-36(73)25(9-6-16-55-44(50)51)60-40(77)32(21(3)66)63-38(75)26(10-7-17-56-45(52)53)57-34(71)23(46)19-65/h20-29,32-33,65-67H,5-19,46H2,1-4H3,(H2,47,68)(H,57,71)(H,58,73)(H,59,72)(H,60,77)(H,61,78)(H,62,74)(H,63,75)(H,64,76)(H,69,70)(H,79,80)(H4,48,49,54)(H4,50,51,55)(H4,52,53,56)/t21-,22-,23+,24+,25+,26+,27+,28+,29+,32+,33+/m1/s1. The highest BCUT2D eigenvalue weighted by atomic mass is 16.4. The van der Waals surface area contributed by atoms with E-state index in [2.05, 4.69) is 57.5 Å². The number of carbonyl (C=O) groups excluding carboxylic acids is 9. The van der Waals surface area contributed by atoms with Gasteiger partial charge in [-0.15, -0.1) is 0 Å². The van der Waals surface area contributed by atoms with Crippen LogP contribution in [0.4, 0.5) is 0 Å². The zero-order valence-electron chi connectivity index (χ0n) is 45.2. The third kappa shape index (κ3) is 30.1. The molecular weight excluding hydrogens is 1060 g/mol. The highest BCUT2D eigenvalue weighted by molar-refractivity contribution is 5.98. The molecule has 35 heteroatoms. The fourth-order valence-electron chi connectivity index (χ4n) is 7.12. The van der Waals surface area contributed by atoms with Crippen molar-refractivity contribution < 1.29 is 78.3 Å². The Hall–Kier alpha value is -8.18. The molecule has 0 aliphatic rings. The van der Waals surface area contributed by atoms with Gasteiger partial charge < -0.3 is 114 Å². The average Bonchev–Trinajstić information content (AvgIpc) is 3.35. The monoisotopic (exact) mass is 1150 g/mol. The first-order chi connectivity index (χ1) is 37.3. The number of carboxylic acids is 2. The van der Waals surface area contributed by atoms with E-state index in [0.717, 1.165) is 13.8 Å². The van der Waals surface area contributed by atoms with Crippen LogP contribution in [0, 0.1) is 5.92 Å². The zero-order chi connectivity index (χ0) is 61.4. The molecule has 0 aliphatic carbocycles. The Balaban J connectivity index is 7.10. The first-order valence-electron chi connectivity index (χ1n) is 25.4. The number of hydrogen-bond acceptors (Lipinski definition) is 18. The second-order valence-electron chi connectivity index (χ2n) is 18.9. The number of guanidine groups is 3. The van der Waals surface area contributed by atoms with Gasteiger partial charge >= 0.3 is 11.9 Å². The zero-order valence-corrected chi connectivity index (χ0v) is 45.2. The predicted molar refractivity (Wildman–Crippen MR) is 286 cm³/mol. The van der Waals surface area contributed by atoms with Crippen molar-refractivity contribution in [1.82, 2.24) is 42.5 Å². The maximum atomic E-state index is 14.3. The summed E-state index contributed by atoms with van der Waals surface area (Å²) in [6.07, 6.45) is -6.59. The van der Waals surface area contributed by atoms with Crippen LogP contribution in [0.25, 0.3) is 0 Å². The van der Waals surface area contributed by atoms with Crippen molar-refractivity contribution >= 4 is 83.0 Å². The lowest BCUT2D eigenvalue weighted by molar-refractivity contribution is -0.143. The lowest BCUT2D eigenvalue weighted by atomic mass is 10.0. The summed E-state index contributed by atoms with van der Waals surface area (Å²) in [6, 6.07) is -14.9. The minimum Gasteiger partial charge on any atom is -0.481 e. The average molecular weight is 1150 g/mol. The molecule has 0 unspecified atom stereocenters. The number of rotatable bonds is 40. The molecule has 0 aromatic rings. The molecule has 0 saturated carbocycles.